The van der Waals surface area contributed by atoms with E-state index in [1.165, 1.54) is 12.4 Å². The van der Waals surface area contributed by atoms with E-state index >= 15 is 0 Å². The predicted octanol–water partition coefficient (Wildman–Crippen LogP) is 1.26. The summed E-state index contributed by atoms with van der Waals surface area (Å²) in [4.78, 5) is 15.2. The molecular weight excluding hydrogens is 242 g/mol. The molecule has 6 nitrogen and oxygen atoms in total. The molecule has 0 radical (unpaired) electrons. The molecule has 86 valence electrons. The fourth-order valence-electron chi connectivity index (χ4n) is 1.08. The number of aromatic nitrogens is 3. The molecule has 0 amide bonds. The van der Waals surface area contributed by atoms with Gasteiger partial charge >= 0.3 is 0 Å². The number of halogens is 1. The lowest BCUT2D eigenvalue weighted by Crippen LogP contribution is -2.10. The van der Waals surface area contributed by atoms with Gasteiger partial charge in [0.05, 0.1) is 18.1 Å². The molecule has 2 heterocycles. The number of pyridine rings is 1. The van der Waals surface area contributed by atoms with Crippen LogP contribution in [0.4, 0.5) is 5.69 Å². The summed E-state index contributed by atoms with van der Waals surface area (Å²) in [6, 6.07) is 5.45. The van der Waals surface area contributed by atoms with Gasteiger partial charge in [0.2, 0.25) is 0 Å². The molecule has 0 saturated carbocycles. The number of anilines is 1. The quantitative estimate of drug-likeness (QED) is 0.634. The zero-order valence-corrected chi connectivity index (χ0v) is 9.35. The van der Waals surface area contributed by atoms with Crippen molar-refractivity contribution in [1.82, 2.24) is 15.2 Å². The van der Waals surface area contributed by atoms with Crippen molar-refractivity contribution in [3.8, 4) is 0 Å². The first-order chi connectivity index (χ1) is 8.27. The van der Waals surface area contributed by atoms with Crippen LogP contribution in [0.3, 0.4) is 0 Å². The summed E-state index contributed by atoms with van der Waals surface area (Å²) in [5.41, 5.74) is 3.17. The van der Waals surface area contributed by atoms with Crippen molar-refractivity contribution in [2.45, 2.75) is 0 Å². The lowest BCUT2D eigenvalue weighted by molar-refractivity contribution is 0.987. The Kier molecular flexibility index (Phi) is 3.46. The molecule has 0 spiro atoms. The Labute approximate surface area is 101 Å². The fraction of sp³-hybridized carbons (Fsp3) is 0. The van der Waals surface area contributed by atoms with Gasteiger partial charge in [-0.3, -0.25) is 15.2 Å². The summed E-state index contributed by atoms with van der Waals surface area (Å²) < 4.78 is 0. The number of hydrogen-bond acceptors (Lipinski definition) is 5. The molecule has 2 aromatic rings. The maximum absolute atomic E-state index is 11.1. The second-order valence-corrected chi connectivity index (χ2v) is 3.43. The smallest absolute Gasteiger partial charge is 0.275 e. The molecule has 0 unspecified atom stereocenters. The highest BCUT2D eigenvalue weighted by atomic mass is 35.5. The standard InChI is InChI=1S/C10H8ClN5O/c11-9-8(6-14-16-10(9)17)15-13-5-7-3-1-2-4-12-7/h1-6H,(H2,15,16,17)/b13-5-. The monoisotopic (exact) mass is 249 g/mol. The van der Waals surface area contributed by atoms with E-state index in [1.54, 1.807) is 12.3 Å². The van der Waals surface area contributed by atoms with Gasteiger partial charge in [0.25, 0.3) is 5.56 Å². The molecule has 7 heteroatoms. The summed E-state index contributed by atoms with van der Waals surface area (Å²) in [5, 5.41) is 9.71. The van der Waals surface area contributed by atoms with Crippen LogP contribution in [0, 0.1) is 0 Å². The van der Waals surface area contributed by atoms with Crippen molar-refractivity contribution in [3.63, 3.8) is 0 Å². The van der Waals surface area contributed by atoms with E-state index in [9.17, 15) is 4.79 Å². The van der Waals surface area contributed by atoms with Gasteiger partial charge < -0.3 is 0 Å². The number of nitrogens with zero attached hydrogens (tertiary/aromatic N) is 3. The third-order valence-corrected chi connectivity index (χ3v) is 2.24. The molecular formula is C10H8ClN5O. The van der Waals surface area contributed by atoms with Gasteiger partial charge in [-0.25, -0.2) is 5.10 Å². The van der Waals surface area contributed by atoms with Crippen LogP contribution in [0.1, 0.15) is 5.69 Å². The Morgan fingerprint density at radius 1 is 1.47 bits per heavy atom. The minimum absolute atomic E-state index is 0.0122. The van der Waals surface area contributed by atoms with Crippen LogP contribution < -0.4 is 11.0 Å². The van der Waals surface area contributed by atoms with Crippen molar-refractivity contribution in [1.29, 1.82) is 0 Å². The molecule has 17 heavy (non-hydrogen) atoms. The van der Waals surface area contributed by atoms with Crippen LogP contribution in [0.25, 0.3) is 0 Å². The minimum atomic E-state index is -0.468. The Morgan fingerprint density at radius 3 is 3.12 bits per heavy atom. The zero-order valence-electron chi connectivity index (χ0n) is 8.59. The molecule has 2 aromatic heterocycles. The summed E-state index contributed by atoms with van der Waals surface area (Å²) >= 11 is 5.74. The average Bonchev–Trinajstić information content (AvgIpc) is 2.36. The lowest BCUT2D eigenvalue weighted by atomic mass is 10.4. The summed E-state index contributed by atoms with van der Waals surface area (Å²) in [6.45, 7) is 0. The molecule has 0 saturated heterocycles. The van der Waals surface area contributed by atoms with Crippen molar-refractivity contribution in [3.05, 3.63) is 51.7 Å². The average molecular weight is 250 g/mol. The van der Waals surface area contributed by atoms with Gasteiger partial charge in [-0.2, -0.15) is 10.2 Å². The van der Waals surface area contributed by atoms with E-state index in [0.717, 1.165) is 0 Å². The van der Waals surface area contributed by atoms with Crippen LogP contribution in [-0.2, 0) is 0 Å². The van der Waals surface area contributed by atoms with Crippen LogP contribution >= 0.6 is 11.6 Å². The van der Waals surface area contributed by atoms with Crippen LogP contribution in [-0.4, -0.2) is 21.4 Å². The first kappa shape index (κ1) is 11.3. The van der Waals surface area contributed by atoms with Crippen LogP contribution in [0.15, 0.2) is 40.5 Å². The Hall–Kier alpha value is -2.21. The number of aromatic amines is 1. The molecule has 2 N–H and O–H groups in total. The molecule has 0 aliphatic rings. The van der Waals surface area contributed by atoms with E-state index in [4.69, 9.17) is 11.6 Å². The number of nitrogens with one attached hydrogen (secondary N) is 2. The molecule has 2 rings (SSSR count). The normalized spacial score (nSPS) is 10.6. The lowest BCUT2D eigenvalue weighted by Gasteiger charge is -1.99. The van der Waals surface area contributed by atoms with E-state index in [-0.39, 0.29) is 5.02 Å². The van der Waals surface area contributed by atoms with Gasteiger partial charge in [-0.15, -0.1) is 0 Å². The molecule has 0 bridgehead atoms. The summed E-state index contributed by atoms with van der Waals surface area (Å²) in [7, 11) is 0. The molecule has 0 atom stereocenters. The third-order valence-electron chi connectivity index (χ3n) is 1.87. The van der Waals surface area contributed by atoms with E-state index in [2.05, 4.69) is 25.7 Å². The van der Waals surface area contributed by atoms with Gasteiger partial charge in [-0.05, 0) is 12.1 Å². The molecule has 0 aromatic carbocycles. The second-order valence-electron chi connectivity index (χ2n) is 3.05. The number of rotatable bonds is 3. The predicted molar refractivity (Wildman–Crippen MR) is 65.3 cm³/mol. The fourth-order valence-corrected chi connectivity index (χ4v) is 1.22. The first-order valence-electron chi connectivity index (χ1n) is 4.70. The third kappa shape index (κ3) is 2.88. The van der Waals surface area contributed by atoms with Crippen LogP contribution in [0.2, 0.25) is 5.02 Å². The molecule has 0 fully saturated rings. The highest BCUT2D eigenvalue weighted by Crippen LogP contribution is 2.13. The summed E-state index contributed by atoms with van der Waals surface area (Å²) in [6.07, 6.45) is 4.54. The van der Waals surface area contributed by atoms with Crippen molar-refractivity contribution in [2.75, 3.05) is 5.43 Å². The first-order valence-corrected chi connectivity index (χ1v) is 5.08. The SMILES string of the molecule is O=c1[nH]ncc(N/N=C\c2ccccn2)c1Cl. The Bertz CT molecular complexity index is 581. The van der Waals surface area contributed by atoms with Gasteiger partial charge in [0, 0.05) is 6.20 Å². The Morgan fingerprint density at radius 2 is 2.35 bits per heavy atom. The maximum atomic E-state index is 11.1. The highest BCUT2D eigenvalue weighted by molar-refractivity contribution is 6.32. The van der Waals surface area contributed by atoms with E-state index in [0.29, 0.717) is 11.4 Å². The van der Waals surface area contributed by atoms with E-state index in [1.807, 2.05) is 12.1 Å². The highest BCUT2D eigenvalue weighted by Gasteiger charge is 2.02. The van der Waals surface area contributed by atoms with Crippen molar-refractivity contribution >= 4 is 23.5 Å². The topological polar surface area (TPSA) is 83.0 Å². The number of hydrazone groups is 1. The summed E-state index contributed by atoms with van der Waals surface area (Å²) in [5.74, 6) is 0. The van der Waals surface area contributed by atoms with Crippen LogP contribution in [0.5, 0.6) is 0 Å². The largest absolute Gasteiger partial charge is 0.285 e. The van der Waals surface area contributed by atoms with Gasteiger partial charge in [0.15, 0.2) is 0 Å². The minimum Gasteiger partial charge on any atom is -0.275 e. The van der Waals surface area contributed by atoms with Crippen molar-refractivity contribution in [2.24, 2.45) is 5.10 Å². The number of H-pyrrole nitrogens is 1. The second kappa shape index (κ2) is 5.22. The van der Waals surface area contributed by atoms with E-state index < -0.39 is 5.56 Å². The number of hydrogen-bond donors (Lipinski definition) is 2. The Balaban J connectivity index is 2.11. The van der Waals surface area contributed by atoms with Gasteiger partial charge in [0.1, 0.15) is 10.7 Å². The van der Waals surface area contributed by atoms with Crippen molar-refractivity contribution < 1.29 is 0 Å². The maximum Gasteiger partial charge on any atom is 0.285 e. The molecule has 0 aliphatic carbocycles. The zero-order chi connectivity index (χ0) is 12.1. The van der Waals surface area contributed by atoms with Gasteiger partial charge in [-0.1, -0.05) is 17.7 Å². The molecule has 0 aliphatic heterocycles.